The summed E-state index contributed by atoms with van der Waals surface area (Å²) in [6, 6.07) is 72.3. The Bertz CT molecular complexity index is 6110. The van der Waals surface area contributed by atoms with Crippen LogP contribution in [0.3, 0.4) is 0 Å². The van der Waals surface area contributed by atoms with Crippen LogP contribution in [-0.4, -0.2) is 139 Å². The van der Waals surface area contributed by atoms with Crippen molar-refractivity contribution in [2.75, 3.05) is 78.5 Å². The molecule has 0 bridgehead atoms. The molecule has 6 heterocycles. The normalized spacial score (nSPS) is 16.3. The van der Waals surface area contributed by atoms with E-state index < -0.39 is 0 Å². The summed E-state index contributed by atoms with van der Waals surface area (Å²) < 4.78 is 0. The molecule has 780 valence electrons. The van der Waals surface area contributed by atoms with Crippen molar-refractivity contribution in [3.05, 3.63) is 318 Å². The number of para-hydroxylation sites is 2. The van der Waals surface area contributed by atoms with Crippen LogP contribution in [0, 0.1) is 83.1 Å². The quantitative estimate of drug-likeness (QED) is 0.0321. The standard InChI is InChI=1S/2C24H34NOP.C21H28NOP.2C20H26NOP.C19H24NOP/c1-17-14-20(24(3,4)5)22(26)21(15-17)27-23-18(2)10-9-11-19(23)16-25-12-7-6-8-13-25;1-17-10-9-11-19(16-25-12-7-6-8-13-25)23(17)27-21-15-20(24(3,4)5)14-18(2)22(21)26;1-15-12-17(3)20(23)19(13-15)24-21-16(2)8-7-9-18(21)14-22-10-5-4-6-11-22;1-15-8-7-11-18(19(15)22)23-20-16(2)9-6-10-17(20)14-21-12-4-3-5-13-21;1-15-9-10-18(22)19(13-15)23-20-16(2)7-6-8-17(20)14-21-11-4-3-5-12-21;1-15-8-7-9-16(14-20-12-5-2-6-13-20)19(15)22-18-11-4-3-10-17(18)21/h2*9-11,14-15,26-27H,6-8,12-13,16H2,1-5H3;7-9,12-13,23-24H,4-6,10-11,14H2,1-3H3;6-11,22-23H,3-5,12-14H2,1-2H3;6-10,13,22-23H,3-5,11-12,14H2,1-2H3;3-4,7-11,21-22H,2,5-6,12-14H2,1H3. The van der Waals surface area contributed by atoms with Crippen LogP contribution in [0.2, 0.25) is 0 Å². The number of piperidine rings is 6. The van der Waals surface area contributed by atoms with Gasteiger partial charge in [-0.2, -0.15) is 0 Å². The van der Waals surface area contributed by atoms with E-state index in [1.165, 1.54) is 315 Å². The van der Waals surface area contributed by atoms with Crippen LogP contribution in [0.25, 0.3) is 0 Å². The number of phenolic OH excluding ortho intramolecular Hbond substituents is 6. The van der Waals surface area contributed by atoms with E-state index in [0.717, 1.165) is 93.3 Å². The summed E-state index contributed by atoms with van der Waals surface area (Å²) in [5, 5.41) is 77.7. The van der Waals surface area contributed by atoms with Gasteiger partial charge in [0.25, 0.3) is 0 Å². The second kappa shape index (κ2) is 56.2. The number of rotatable bonds is 24. The van der Waals surface area contributed by atoms with E-state index >= 15 is 0 Å². The van der Waals surface area contributed by atoms with E-state index in [2.05, 4.69) is 291 Å². The van der Waals surface area contributed by atoms with Gasteiger partial charge in [0, 0.05) is 76.7 Å². The minimum atomic E-state index is -0.0578. The molecule has 12 aromatic carbocycles. The van der Waals surface area contributed by atoms with Crippen LogP contribution >= 0.6 is 51.5 Å². The lowest BCUT2D eigenvalue weighted by molar-refractivity contribution is 0.221. The number of hydrogen-bond donors (Lipinski definition) is 6. The Labute approximate surface area is 889 Å². The molecule has 18 heteroatoms. The number of likely N-dealkylation sites (tertiary alicyclic amines) is 6. The Kier molecular flexibility index (Phi) is 44.2. The van der Waals surface area contributed by atoms with Gasteiger partial charge in [-0.3, -0.25) is 29.4 Å². The van der Waals surface area contributed by atoms with Gasteiger partial charge in [0.15, 0.2) is 0 Å². The molecule has 6 fully saturated rings. The van der Waals surface area contributed by atoms with Crippen molar-refractivity contribution in [2.24, 2.45) is 0 Å². The zero-order valence-electron chi connectivity index (χ0n) is 91.5. The fourth-order valence-corrected chi connectivity index (χ4v) is 29.4. The van der Waals surface area contributed by atoms with Gasteiger partial charge in [-0.1, -0.05) is 307 Å². The third kappa shape index (κ3) is 33.9. The number of aromatic hydroxyl groups is 6. The van der Waals surface area contributed by atoms with E-state index in [0.29, 0.717) is 86.0 Å². The SMILES string of the molecule is Cc1cc(C(C)(C)C)cc(Pc2c(C)cccc2CN2CCCCC2)c1O.Cc1cc(C)c(O)c(Pc2c(C)cccc2CN2CCCCC2)c1.Cc1cc(Pc2c(C)cccc2CN2CCCCC2)c(O)c(C(C)(C)C)c1.Cc1ccc(O)c(Pc2c(C)cccc2CN2CCCCC2)c1.Cc1cccc(CN2CCCCC2)c1Pc1ccccc1O.Cc1cccc(Pc2c(C)cccc2CN2CCCCC2)c1O. The smallest absolute Gasteiger partial charge is 0.127 e. The summed E-state index contributed by atoms with van der Waals surface area (Å²) in [5.41, 5.74) is 25.5. The van der Waals surface area contributed by atoms with E-state index in [1.54, 1.807) is 6.07 Å². The Morgan fingerprint density at radius 3 is 0.788 bits per heavy atom. The van der Waals surface area contributed by atoms with E-state index in [9.17, 15) is 30.6 Å². The third-order valence-corrected chi connectivity index (χ3v) is 39.5. The summed E-state index contributed by atoms with van der Waals surface area (Å²) in [4.78, 5) is 15.5. The molecule has 0 aliphatic carbocycles. The maximum Gasteiger partial charge on any atom is 0.127 e. The molecule has 0 saturated carbocycles. The topological polar surface area (TPSA) is 141 Å². The Balaban J connectivity index is 0.000000147. The molecule has 18 rings (SSSR count). The fraction of sp³-hybridized carbons (Fsp3) is 0.438. The molecule has 6 N–H and O–H groups in total. The van der Waals surface area contributed by atoms with Crippen LogP contribution in [-0.2, 0) is 50.1 Å². The van der Waals surface area contributed by atoms with Crippen LogP contribution in [0.5, 0.6) is 34.5 Å². The molecular formula is C128H172N6O6P6. The van der Waals surface area contributed by atoms with E-state index in [-0.39, 0.29) is 10.8 Å². The highest BCUT2D eigenvalue weighted by Crippen LogP contribution is 2.38. The Hall–Kier alpha value is -8.22. The van der Waals surface area contributed by atoms with Gasteiger partial charge in [-0.15, -0.1) is 0 Å². The first kappa shape index (κ1) is 115. The largest absolute Gasteiger partial charge is 0.507 e. The van der Waals surface area contributed by atoms with Crippen molar-refractivity contribution < 1.29 is 30.6 Å². The molecule has 0 aromatic heterocycles. The highest BCUT2D eigenvalue weighted by molar-refractivity contribution is 7.57. The van der Waals surface area contributed by atoms with Gasteiger partial charge in [0.1, 0.15) is 34.5 Å². The molecule has 12 aromatic rings. The van der Waals surface area contributed by atoms with E-state index in [4.69, 9.17) is 0 Å². The summed E-state index contributed by atoms with van der Waals surface area (Å²) in [6.45, 7) is 59.5. The van der Waals surface area contributed by atoms with E-state index in [1.807, 2.05) is 63.2 Å². The summed E-state index contributed by atoms with van der Waals surface area (Å²) in [5.74, 6) is 2.70. The van der Waals surface area contributed by atoms with Crippen LogP contribution in [0.15, 0.2) is 206 Å². The molecular weight excluding hydrogens is 1900 g/mol. The highest BCUT2D eigenvalue weighted by Gasteiger charge is 2.28. The molecule has 0 amide bonds. The summed E-state index contributed by atoms with van der Waals surface area (Å²) in [6.07, 6.45) is 24.1. The van der Waals surface area contributed by atoms with Gasteiger partial charge < -0.3 is 30.6 Å². The highest BCUT2D eigenvalue weighted by atomic mass is 31.1. The summed E-state index contributed by atoms with van der Waals surface area (Å²) in [7, 11) is 3.03. The molecule has 0 radical (unpaired) electrons. The van der Waals surface area contributed by atoms with Gasteiger partial charge in [-0.25, -0.2) is 0 Å². The number of benzene rings is 12. The Morgan fingerprint density at radius 1 is 0.205 bits per heavy atom. The Morgan fingerprint density at radius 2 is 0.459 bits per heavy atom. The first-order valence-electron chi connectivity index (χ1n) is 54.4. The average Bonchev–Trinajstić information content (AvgIpc) is 0.806. The van der Waals surface area contributed by atoms with Crippen molar-refractivity contribution in [1.82, 2.24) is 29.4 Å². The lowest BCUT2D eigenvalue weighted by Crippen LogP contribution is -2.31. The minimum Gasteiger partial charge on any atom is -0.507 e. The molecule has 6 unspecified atom stereocenters. The maximum absolute atomic E-state index is 11.0. The molecule has 146 heavy (non-hydrogen) atoms. The number of phenols is 6. The predicted octanol–water partition coefficient (Wildman–Crippen LogP) is 24.3. The second-order valence-electron chi connectivity index (χ2n) is 44.3. The minimum absolute atomic E-state index is 0.0578. The van der Waals surface area contributed by atoms with Gasteiger partial charge >= 0.3 is 0 Å². The van der Waals surface area contributed by atoms with Crippen LogP contribution in [0.4, 0.5) is 0 Å². The van der Waals surface area contributed by atoms with Crippen molar-refractivity contribution in [1.29, 1.82) is 0 Å². The molecule has 6 aliphatic heterocycles. The van der Waals surface area contributed by atoms with Crippen LogP contribution < -0.4 is 63.7 Å². The fourth-order valence-electron chi connectivity index (χ4n) is 21.1. The monoisotopic (exact) mass is 2080 g/mol. The summed E-state index contributed by atoms with van der Waals surface area (Å²) >= 11 is 0. The second-order valence-corrected chi connectivity index (χ2v) is 52.0. The maximum atomic E-state index is 11.0. The lowest BCUT2D eigenvalue weighted by Gasteiger charge is -2.28. The van der Waals surface area contributed by atoms with Gasteiger partial charge in [0.05, 0.1) is 0 Å². The molecule has 6 saturated heterocycles. The lowest BCUT2D eigenvalue weighted by atomic mass is 9.85. The molecule has 6 aliphatic rings. The number of aryl methyl sites for hydroxylation is 12. The molecule has 12 nitrogen and oxygen atoms in total. The number of hydrogen-bond acceptors (Lipinski definition) is 12. The zero-order chi connectivity index (χ0) is 104. The van der Waals surface area contributed by atoms with Gasteiger partial charge in [-0.05, 0) is 418 Å². The van der Waals surface area contributed by atoms with Crippen molar-refractivity contribution in [3.63, 3.8) is 0 Å². The third-order valence-electron chi connectivity index (χ3n) is 29.7. The zero-order valence-corrected chi connectivity index (χ0v) is 97.5. The van der Waals surface area contributed by atoms with Crippen molar-refractivity contribution >= 4 is 115 Å². The molecule has 0 spiro atoms. The average molecular weight is 2080 g/mol. The first-order chi connectivity index (χ1) is 70.1. The van der Waals surface area contributed by atoms with Gasteiger partial charge in [0.2, 0.25) is 0 Å². The van der Waals surface area contributed by atoms with Crippen molar-refractivity contribution in [3.8, 4) is 34.5 Å². The van der Waals surface area contributed by atoms with Crippen molar-refractivity contribution in [2.45, 2.75) is 290 Å². The number of nitrogens with zero attached hydrogens (tertiary/aromatic N) is 6. The first-order valence-corrected chi connectivity index (χ1v) is 60.4. The molecule has 6 atom stereocenters. The predicted molar refractivity (Wildman–Crippen MR) is 642 cm³/mol. The van der Waals surface area contributed by atoms with Crippen LogP contribution in [0.1, 0.15) is 268 Å².